The van der Waals surface area contributed by atoms with E-state index >= 15 is 0 Å². The molecule has 0 spiro atoms. The molecule has 0 aromatic heterocycles. The Hall–Kier alpha value is -1.55. The third-order valence-corrected chi connectivity index (χ3v) is 2.83. The second kappa shape index (κ2) is 4.31. The number of carbonyl (C=O) groups excluding carboxylic acids is 2. The van der Waals surface area contributed by atoms with Gasteiger partial charge in [0.15, 0.2) is 0 Å². The van der Waals surface area contributed by atoms with E-state index in [1.54, 1.807) is 6.08 Å². The predicted molar refractivity (Wildman–Crippen MR) is 60.4 cm³/mol. The zero-order valence-corrected chi connectivity index (χ0v) is 8.71. The number of carbonyl (C=O) groups is 2. The standard InChI is InChI=1S/C11H9NO2S/c13-10-9(7-15-11(14)12-10)6-8-4-2-1-3-5-8/h1-6H,7H2,(H,12,13,14)/b9-6+. The maximum absolute atomic E-state index is 11.4. The van der Waals surface area contributed by atoms with Crippen LogP contribution in [0.2, 0.25) is 0 Å². The van der Waals surface area contributed by atoms with Crippen LogP contribution in [0, 0.1) is 0 Å². The number of thioether (sulfide) groups is 1. The van der Waals surface area contributed by atoms with Gasteiger partial charge in [-0.3, -0.25) is 14.9 Å². The lowest BCUT2D eigenvalue weighted by molar-refractivity contribution is -0.116. The normalized spacial score (nSPS) is 19.1. The van der Waals surface area contributed by atoms with Gasteiger partial charge in [0.1, 0.15) is 0 Å². The monoisotopic (exact) mass is 219 g/mol. The van der Waals surface area contributed by atoms with Gasteiger partial charge in [0.25, 0.3) is 11.1 Å². The van der Waals surface area contributed by atoms with Crippen molar-refractivity contribution in [2.24, 2.45) is 0 Å². The van der Waals surface area contributed by atoms with Crippen LogP contribution in [-0.4, -0.2) is 16.9 Å². The van der Waals surface area contributed by atoms with Crippen molar-refractivity contribution in [3.05, 3.63) is 41.5 Å². The first-order chi connectivity index (χ1) is 7.25. The lowest BCUT2D eigenvalue weighted by Gasteiger charge is -2.12. The smallest absolute Gasteiger partial charge is 0.283 e. The summed E-state index contributed by atoms with van der Waals surface area (Å²) in [5.41, 5.74) is 1.60. The van der Waals surface area contributed by atoms with E-state index in [4.69, 9.17) is 0 Å². The van der Waals surface area contributed by atoms with E-state index < -0.39 is 0 Å². The number of imide groups is 1. The minimum absolute atomic E-state index is 0.273. The van der Waals surface area contributed by atoms with Crippen LogP contribution in [0.5, 0.6) is 0 Å². The molecule has 1 fully saturated rings. The van der Waals surface area contributed by atoms with Gasteiger partial charge >= 0.3 is 0 Å². The van der Waals surface area contributed by atoms with Gasteiger partial charge in [-0.1, -0.05) is 42.1 Å². The van der Waals surface area contributed by atoms with Crippen molar-refractivity contribution in [2.75, 3.05) is 5.75 Å². The maximum atomic E-state index is 11.4. The molecule has 0 saturated carbocycles. The van der Waals surface area contributed by atoms with Gasteiger partial charge in [-0.15, -0.1) is 0 Å². The van der Waals surface area contributed by atoms with Gasteiger partial charge < -0.3 is 0 Å². The quantitative estimate of drug-likeness (QED) is 0.735. The van der Waals surface area contributed by atoms with Gasteiger partial charge in [0, 0.05) is 11.3 Å². The SMILES string of the molecule is O=C1NC(=O)/C(=C/c2ccccc2)CS1. The van der Waals surface area contributed by atoms with Crippen molar-refractivity contribution >= 4 is 29.0 Å². The zero-order chi connectivity index (χ0) is 10.7. The summed E-state index contributed by atoms with van der Waals surface area (Å²) in [6, 6.07) is 9.57. The topological polar surface area (TPSA) is 46.2 Å². The number of rotatable bonds is 1. The Morgan fingerprint density at radius 3 is 2.60 bits per heavy atom. The van der Waals surface area contributed by atoms with E-state index in [9.17, 15) is 9.59 Å². The summed E-state index contributed by atoms with van der Waals surface area (Å²) in [4.78, 5) is 22.3. The second-order valence-electron chi connectivity index (χ2n) is 3.11. The van der Waals surface area contributed by atoms with Crippen LogP contribution in [0.15, 0.2) is 35.9 Å². The summed E-state index contributed by atoms with van der Waals surface area (Å²) in [7, 11) is 0. The first-order valence-corrected chi connectivity index (χ1v) is 5.48. The van der Waals surface area contributed by atoms with Crippen LogP contribution >= 0.6 is 11.8 Å². The van der Waals surface area contributed by atoms with Crippen LogP contribution in [0.1, 0.15) is 5.56 Å². The molecule has 0 unspecified atom stereocenters. The average Bonchev–Trinajstić information content (AvgIpc) is 2.24. The Morgan fingerprint density at radius 2 is 1.93 bits per heavy atom. The van der Waals surface area contributed by atoms with Gasteiger partial charge in [0.2, 0.25) is 0 Å². The van der Waals surface area contributed by atoms with Crippen molar-refractivity contribution < 1.29 is 9.59 Å². The fraction of sp³-hybridized carbons (Fsp3) is 0.0909. The molecule has 0 atom stereocenters. The largest absolute Gasteiger partial charge is 0.286 e. The molecule has 76 valence electrons. The second-order valence-corrected chi connectivity index (χ2v) is 4.06. The molecule has 4 heteroatoms. The number of benzene rings is 1. The molecule has 1 aromatic carbocycles. The Bertz CT molecular complexity index is 425. The molecule has 0 bridgehead atoms. The molecule has 2 rings (SSSR count). The van der Waals surface area contributed by atoms with Crippen LogP contribution in [-0.2, 0) is 4.79 Å². The number of amides is 2. The molecular formula is C11H9NO2S. The first-order valence-electron chi connectivity index (χ1n) is 4.49. The fourth-order valence-electron chi connectivity index (χ4n) is 1.28. The molecule has 1 saturated heterocycles. The zero-order valence-electron chi connectivity index (χ0n) is 7.90. The van der Waals surface area contributed by atoms with Crippen molar-refractivity contribution in [1.82, 2.24) is 5.32 Å². The van der Waals surface area contributed by atoms with Crippen molar-refractivity contribution in [3.63, 3.8) is 0 Å². The Balaban J connectivity index is 2.21. The van der Waals surface area contributed by atoms with Crippen LogP contribution in [0.3, 0.4) is 0 Å². The average molecular weight is 219 g/mol. The summed E-state index contributed by atoms with van der Waals surface area (Å²) < 4.78 is 0. The lowest BCUT2D eigenvalue weighted by atomic mass is 10.1. The third-order valence-electron chi connectivity index (χ3n) is 2.01. The Kier molecular flexibility index (Phi) is 2.87. The van der Waals surface area contributed by atoms with Gasteiger partial charge in [-0.2, -0.15) is 0 Å². The predicted octanol–water partition coefficient (Wildman–Crippen LogP) is 2.05. The van der Waals surface area contributed by atoms with E-state index in [0.717, 1.165) is 17.3 Å². The summed E-state index contributed by atoms with van der Waals surface area (Å²) >= 11 is 1.11. The number of hydrogen-bond donors (Lipinski definition) is 1. The van der Waals surface area contributed by atoms with E-state index in [1.165, 1.54) is 0 Å². The number of hydrogen-bond acceptors (Lipinski definition) is 3. The molecule has 1 aliphatic heterocycles. The molecule has 1 N–H and O–H groups in total. The highest BCUT2D eigenvalue weighted by atomic mass is 32.2. The molecule has 2 amide bonds. The van der Waals surface area contributed by atoms with E-state index in [0.29, 0.717) is 11.3 Å². The first kappa shape index (κ1) is 9.98. The van der Waals surface area contributed by atoms with Crippen LogP contribution < -0.4 is 5.32 Å². The molecule has 0 aliphatic carbocycles. The molecule has 0 radical (unpaired) electrons. The molecule has 3 nitrogen and oxygen atoms in total. The highest BCUT2D eigenvalue weighted by Crippen LogP contribution is 2.17. The van der Waals surface area contributed by atoms with Crippen molar-refractivity contribution in [2.45, 2.75) is 0 Å². The van der Waals surface area contributed by atoms with Crippen molar-refractivity contribution in [3.8, 4) is 0 Å². The third kappa shape index (κ3) is 2.47. The van der Waals surface area contributed by atoms with Gasteiger partial charge in [-0.05, 0) is 11.6 Å². The Labute approximate surface area is 91.6 Å². The maximum Gasteiger partial charge on any atom is 0.286 e. The van der Waals surface area contributed by atoms with Crippen molar-refractivity contribution in [1.29, 1.82) is 0 Å². The van der Waals surface area contributed by atoms with Crippen LogP contribution in [0.25, 0.3) is 6.08 Å². The molecular weight excluding hydrogens is 210 g/mol. The minimum atomic E-state index is -0.289. The highest BCUT2D eigenvalue weighted by molar-refractivity contribution is 8.13. The van der Waals surface area contributed by atoms with Crippen LogP contribution in [0.4, 0.5) is 4.79 Å². The lowest BCUT2D eigenvalue weighted by Crippen LogP contribution is -2.33. The molecule has 15 heavy (non-hydrogen) atoms. The minimum Gasteiger partial charge on any atom is -0.283 e. The Morgan fingerprint density at radius 1 is 1.20 bits per heavy atom. The molecule has 1 aromatic rings. The number of nitrogens with one attached hydrogen (secondary N) is 1. The van der Waals surface area contributed by atoms with Gasteiger partial charge in [0.05, 0.1) is 0 Å². The fourth-order valence-corrected chi connectivity index (χ4v) is 1.94. The molecule has 1 aliphatic rings. The van der Waals surface area contributed by atoms with E-state index in [2.05, 4.69) is 5.32 Å². The summed E-state index contributed by atoms with van der Waals surface area (Å²) in [5, 5.41) is 1.99. The molecule has 1 heterocycles. The summed E-state index contributed by atoms with van der Waals surface area (Å²) in [5.74, 6) is 0.155. The summed E-state index contributed by atoms with van der Waals surface area (Å²) in [6.07, 6.45) is 1.80. The highest BCUT2D eigenvalue weighted by Gasteiger charge is 2.20. The van der Waals surface area contributed by atoms with E-state index in [-0.39, 0.29) is 11.1 Å². The van der Waals surface area contributed by atoms with E-state index in [1.807, 2.05) is 30.3 Å². The summed E-state index contributed by atoms with van der Waals surface area (Å²) in [6.45, 7) is 0. The van der Waals surface area contributed by atoms with Gasteiger partial charge in [-0.25, -0.2) is 0 Å².